The Hall–Kier alpha value is -2.82. The Balaban J connectivity index is 1.83. The third-order valence-electron chi connectivity index (χ3n) is 6.01. The van der Waals surface area contributed by atoms with Crippen LogP contribution in [0.3, 0.4) is 0 Å². The van der Waals surface area contributed by atoms with Crippen molar-refractivity contribution in [1.82, 2.24) is 10.2 Å². The molecule has 1 saturated carbocycles. The average molecular weight is 423 g/mol. The summed E-state index contributed by atoms with van der Waals surface area (Å²) in [6.45, 7) is 4.36. The van der Waals surface area contributed by atoms with E-state index in [1.807, 2.05) is 62.4 Å². The number of carbonyl (C=O) groups excluding carboxylic acids is 2. The minimum atomic E-state index is -0.496. The summed E-state index contributed by atoms with van der Waals surface area (Å²) in [5, 5.41) is 3.19. The number of nitrogens with zero attached hydrogens (tertiary/aromatic N) is 1. The molecule has 0 bridgehead atoms. The molecule has 5 nitrogen and oxygen atoms in total. The topological polar surface area (TPSA) is 58.6 Å². The summed E-state index contributed by atoms with van der Waals surface area (Å²) in [7, 11) is 1.63. The predicted octanol–water partition coefficient (Wildman–Crippen LogP) is 4.41. The van der Waals surface area contributed by atoms with E-state index in [0.717, 1.165) is 48.1 Å². The van der Waals surface area contributed by atoms with Crippen molar-refractivity contribution in [2.45, 2.75) is 71.0 Å². The highest BCUT2D eigenvalue weighted by atomic mass is 16.5. The second-order valence-corrected chi connectivity index (χ2v) is 8.45. The lowest BCUT2D eigenvalue weighted by molar-refractivity contribution is -0.141. The monoisotopic (exact) mass is 422 g/mol. The van der Waals surface area contributed by atoms with Crippen LogP contribution in [0.4, 0.5) is 0 Å². The van der Waals surface area contributed by atoms with Crippen molar-refractivity contribution in [2.24, 2.45) is 0 Å². The summed E-state index contributed by atoms with van der Waals surface area (Å²) in [6, 6.07) is 15.4. The Morgan fingerprint density at radius 1 is 1.10 bits per heavy atom. The number of carbonyl (C=O) groups is 2. The lowest BCUT2D eigenvalue weighted by Gasteiger charge is -2.31. The van der Waals surface area contributed by atoms with Gasteiger partial charge in [-0.2, -0.15) is 0 Å². The molecule has 1 atom stereocenters. The van der Waals surface area contributed by atoms with Crippen molar-refractivity contribution in [1.29, 1.82) is 0 Å². The molecule has 0 heterocycles. The van der Waals surface area contributed by atoms with E-state index in [1.54, 1.807) is 12.0 Å². The molecule has 1 N–H and O–H groups in total. The van der Waals surface area contributed by atoms with Crippen LogP contribution in [0.1, 0.15) is 55.7 Å². The number of amides is 2. The first-order chi connectivity index (χ1) is 15.0. The van der Waals surface area contributed by atoms with E-state index in [4.69, 9.17) is 4.74 Å². The molecule has 2 aromatic carbocycles. The third-order valence-corrected chi connectivity index (χ3v) is 6.01. The van der Waals surface area contributed by atoms with Gasteiger partial charge in [-0.3, -0.25) is 9.59 Å². The van der Waals surface area contributed by atoms with E-state index >= 15 is 0 Å². The third kappa shape index (κ3) is 6.33. The van der Waals surface area contributed by atoms with Gasteiger partial charge in [-0.15, -0.1) is 0 Å². The van der Waals surface area contributed by atoms with Crippen LogP contribution in [-0.2, 0) is 22.6 Å². The fourth-order valence-electron chi connectivity index (χ4n) is 4.35. The second-order valence-electron chi connectivity index (χ2n) is 8.45. The number of methoxy groups -OCH3 is 1. The number of benzene rings is 2. The molecule has 5 heteroatoms. The maximum Gasteiger partial charge on any atom is 0.243 e. The molecule has 1 fully saturated rings. The maximum absolute atomic E-state index is 13.4. The van der Waals surface area contributed by atoms with Gasteiger partial charge >= 0.3 is 0 Å². The number of nitrogens with one attached hydrogen (secondary N) is 1. The number of hydrogen-bond donors (Lipinski definition) is 1. The molecule has 3 rings (SSSR count). The second kappa shape index (κ2) is 11.0. The first-order valence-corrected chi connectivity index (χ1v) is 11.3. The van der Waals surface area contributed by atoms with Crippen molar-refractivity contribution in [2.75, 3.05) is 7.11 Å². The molecule has 0 spiro atoms. The van der Waals surface area contributed by atoms with Crippen molar-refractivity contribution >= 4 is 11.8 Å². The number of hydrogen-bond acceptors (Lipinski definition) is 3. The van der Waals surface area contributed by atoms with E-state index in [0.29, 0.717) is 13.0 Å². The highest BCUT2D eigenvalue weighted by Crippen LogP contribution is 2.21. The normalized spacial score (nSPS) is 14.8. The summed E-state index contributed by atoms with van der Waals surface area (Å²) in [5.74, 6) is 0.656. The minimum absolute atomic E-state index is 0.0400. The fraction of sp³-hybridized carbons (Fsp3) is 0.462. The molecule has 166 valence electrons. The summed E-state index contributed by atoms with van der Waals surface area (Å²) < 4.78 is 5.35. The van der Waals surface area contributed by atoms with E-state index in [-0.39, 0.29) is 24.3 Å². The molecule has 1 aliphatic rings. The largest absolute Gasteiger partial charge is 0.497 e. The van der Waals surface area contributed by atoms with Gasteiger partial charge in [0.2, 0.25) is 11.8 Å². The minimum Gasteiger partial charge on any atom is -0.497 e. The molecule has 0 radical (unpaired) electrons. The Kier molecular flexibility index (Phi) is 8.10. The SMILES string of the molecule is CC[C@@H](C(=O)NC1CCCC1)N(Cc1cccc(OC)c1)C(=O)Cc1cccc(C)c1. The molecule has 0 aliphatic heterocycles. The van der Waals surface area contributed by atoms with E-state index in [1.165, 1.54) is 0 Å². The van der Waals surface area contributed by atoms with Crippen molar-refractivity contribution in [3.63, 3.8) is 0 Å². The molecule has 1 aliphatic carbocycles. The van der Waals surface area contributed by atoms with Crippen LogP contribution in [0.2, 0.25) is 0 Å². The van der Waals surface area contributed by atoms with Crippen LogP contribution in [0.25, 0.3) is 0 Å². The van der Waals surface area contributed by atoms with Gasteiger partial charge in [0.1, 0.15) is 11.8 Å². The number of aryl methyl sites for hydroxylation is 1. The molecular weight excluding hydrogens is 388 g/mol. The maximum atomic E-state index is 13.4. The molecule has 0 aromatic heterocycles. The first-order valence-electron chi connectivity index (χ1n) is 11.3. The van der Waals surface area contributed by atoms with Crippen LogP contribution in [0.15, 0.2) is 48.5 Å². The average Bonchev–Trinajstić information content (AvgIpc) is 3.26. The summed E-state index contributed by atoms with van der Waals surface area (Å²) >= 11 is 0. The van der Waals surface area contributed by atoms with E-state index in [2.05, 4.69) is 5.32 Å². The first kappa shape index (κ1) is 22.9. The van der Waals surface area contributed by atoms with Gasteiger partial charge in [0.05, 0.1) is 13.5 Å². The lowest BCUT2D eigenvalue weighted by atomic mass is 10.0. The van der Waals surface area contributed by atoms with E-state index < -0.39 is 6.04 Å². The zero-order valence-electron chi connectivity index (χ0n) is 18.9. The fourth-order valence-corrected chi connectivity index (χ4v) is 4.35. The standard InChI is InChI=1S/C26H34N2O3/c1-4-24(26(30)27-22-12-5-6-13-22)28(18-21-11-8-14-23(16-21)31-3)25(29)17-20-10-7-9-19(2)15-20/h7-11,14-16,22,24H,4-6,12-13,17-18H2,1-3H3,(H,27,30)/t24-/m0/s1. The van der Waals surface area contributed by atoms with Crippen LogP contribution >= 0.6 is 0 Å². The molecular formula is C26H34N2O3. The van der Waals surface area contributed by atoms with Gasteiger partial charge in [0, 0.05) is 12.6 Å². The smallest absolute Gasteiger partial charge is 0.243 e. The Morgan fingerprint density at radius 2 is 1.81 bits per heavy atom. The van der Waals surface area contributed by atoms with Gasteiger partial charge in [-0.05, 0) is 49.4 Å². The van der Waals surface area contributed by atoms with Crippen molar-refractivity contribution in [3.8, 4) is 5.75 Å². The van der Waals surface area contributed by atoms with Crippen LogP contribution in [0, 0.1) is 6.92 Å². The summed E-state index contributed by atoms with van der Waals surface area (Å²) in [5.41, 5.74) is 3.03. The van der Waals surface area contributed by atoms with Gasteiger partial charge < -0.3 is 15.0 Å². The Morgan fingerprint density at radius 3 is 2.48 bits per heavy atom. The number of rotatable bonds is 9. The van der Waals surface area contributed by atoms with Crippen LogP contribution in [0.5, 0.6) is 5.75 Å². The molecule has 0 unspecified atom stereocenters. The molecule has 31 heavy (non-hydrogen) atoms. The summed E-state index contributed by atoms with van der Waals surface area (Å²) in [6.07, 6.45) is 5.20. The zero-order chi connectivity index (χ0) is 22.2. The Labute approximate surface area is 185 Å². The highest BCUT2D eigenvalue weighted by molar-refractivity contribution is 5.88. The quantitative estimate of drug-likeness (QED) is 0.651. The van der Waals surface area contributed by atoms with Gasteiger partial charge in [0.15, 0.2) is 0 Å². The van der Waals surface area contributed by atoms with Crippen LogP contribution in [-0.4, -0.2) is 35.9 Å². The highest BCUT2D eigenvalue weighted by Gasteiger charge is 2.30. The molecule has 2 amide bonds. The van der Waals surface area contributed by atoms with Crippen molar-refractivity contribution in [3.05, 3.63) is 65.2 Å². The van der Waals surface area contributed by atoms with Gasteiger partial charge in [0.25, 0.3) is 0 Å². The van der Waals surface area contributed by atoms with Gasteiger partial charge in [-0.25, -0.2) is 0 Å². The lowest BCUT2D eigenvalue weighted by Crippen LogP contribution is -2.51. The predicted molar refractivity (Wildman–Crippen MR) is 123 cm³/mol. The van der Waals surface area contributed by atoms with Gasteiger partial charge in [-0.1, -0.05) is 61.7 Å². The summed E-state index contributed by atoms with van der Waals surface area (Å²) in [4.78, 5) is 28.3. The molecule has 2 aromatic rings. The zero-order valence-corrected chi connectivity index (χ0v) is 18.9. The van der Waals surface area contributed by atoms with Crippen molar-refractivity contribution < 1.29 is 14.3 Å². The number of ether oxygens (including phenoxy) is 1. The van der Waals surface area contributed by atoms with E-state index in [9.17, 15) is 9.59 Å². The van der Waals surface area contributed by atoms with Crippen LogP contribution < -0.4 is 10.1 Å². The Bertz CT molecular complexity index is 890. The molecule has 0 saturated heterocycles.